The van der Waals surface area contributed by atoms with Crippen LogP contribution in [0, 0.1) is 0 Å². The summed E-state index contributed by atoms with van der Waals surface area (Å²) in [5.41, 5.74) is 0. The molecule has 0 saturated carbocycles. The lowest BCUT2D eigenvalue weighted by molar-refractivity contribution is 0.0767. The fourth-order valence-electron chi connectivity index (χ4n) is 3.27. The van der Waals surface area contributed by atoms with E-state index in [0.29, 0.717) is 25.1 Å². The normalized spacial score (nSPS) is 31.8. The topological polar surface area (TPSA) is 86.3 Å². The standard InChI is InChI=1S/C12H19N3O3S/c1-2-11-13-7-12(14-11)19(17,18)15-8-3-4-9(15)6-10(16)5-8/h7-10,16H,2-6H2,1H3,(H,13,14). The maximum absolute atomic E-state index is 12.7. The van der Waals surface area contributed by atoms with Gasteiger partial charge in [-0.15, -0.1) is 0 Å². The van der Waals surface area contributed by atoms with Crippen LogP contribution in [0.3, 0.4) is 0 Å². The number of aliphatic hydroxyl groups is 1. The molecule has 1 aromatic rings. The van der Waals surface area contributed by atoms with Crippen LogP contribution in [-0.4, -0.2) is 46.0 Å². The molecule has 1 aromatic heterocycles. The molecule has 2 fully saturated rings. The summed E-state index contributed by atoms with van der Waals surface area (Å²) in [6.07, 6.45) is 4.50. The Hall–Kier alpha value is -0.920. The van der Waals surface area contributed by atoms with Crippen molar-refractivity contribution < 1.29 is 13.5 Å². The number of fused-ring (bicyclic) bond motifs is 2. The number of sulfonamides is 1. The number of aryl methyl sites for hydroxylation is 1. The first kappa shape index (κ1) is 13.1. The van der Waals surface area contributed by atoms with E-state index in [4.69, 9.17) is 0 Å². The zero-order valence-corrected chi connectivity index (χ0v) is 11.7. The number of piperidine rings is 1. The highest BCUT2D eigenvalue weighted by Gasteiger charge is 2.47. The average Bonchev–Trinajstić information content (AvgIpc) is 2.93. The number of nitrogens with one attached hydrogen (secondary N) is 1. The molecule has 0 aromatic carbocycles. The summed E-state index contributed by atoms with van der Waals surface area (Å²) in [6, 6.07) is -0.126. The van der Waals surface area contributed by atoms with Crippen molar-refractivity contribution in [2.45, 2.75) is 62.2 Å². The summed E-state index contributed by atoms with van der Waals surface area (Å²) in [7, 11) is -3.51. The number of aromatic nitrogens is 2. The summed E-state index contributed by atoms with van der Waals surface area (Å²) in [4.78, 5) is 6.95. The van der Waals surface area contributed by atoms with Gasteiger partial charge in [-0.3, -0.25) is 0 Å². The smallest absolute Gasteiger partial charge is 0.260 e. The van der Waals surface area contributed by atoms with Crippen molar-refractivity contribution in [1.29, 1.82) is 0 Å². The van der Waals surface area contributed by atoms with E-state index in [1.807, 2.05) is 6.92 Å². The summed E-state index contributed by atoms with van der Waals surface area (Å²) in [5, 5.41) is 9.92. The Morgan fingerprint density at radius 3 is 2.58 bits per heavy atom. The van der Waals surface area contributed by atoms with Gasteiger partial charge in [-0.25, -0.2) is 13.4 Å². The van der Waals surface area contributed by atoms with Gasteiger partial charge in [0.25, 0.3) is 10.0 Å². The van der Waals surface area contributed by atoms with Crippen molar-refractivity contribution in [3.05, 3.63) is 12.0 Å². The minimum absolute atomic E-state index is 0.0628. The molecule has 19 heavy (non-hydrogen) atoms. The molecule has 2 aliphatic rings. The van der Waals surface area contributed by atoms with E-state index in [1.54, 1.807) is 4.31 Å². The molecular formula is C12H19N3O3S. The van der Waals surface area contributed by atoms with Crippen molar-refractivity contribution in [3.8, 4) is 0 Å². The summed E-state index contributed by atoms with van der Waals surface area (Å²) in [6.45, 7) is 1.93. The predicted molar refractivity (Wildman–Crippen MR) is 69.0 cm³/mol. The van der Waals surface area contributed by atoms with Crippen LogP contribution in [0.25, 0.3) is 0 Å². The number of rotatable bonds is 3. The van der Waals surface area contributed by atoms with Crippen molar-refractivity contribution in [1.82, 2.24) is 14.3 Å². The Labute approximate surface area is 112 Å². The Kier molecular flexibility index (Phi) is 3.15. The number of hydrogen-bond acceptors (Lipinski definition) is 4. The number of aliphatic hydroxyl groups excluding tert-OH is 1. The van der Waals surface area contributed by atoms with Crippen LogP contribution in [0.5, 0.6) is 0 Å². The second-order valence-corrected chi connectivity index (χ2v) is 7.20. The van der Waals surface area contributed by atoms with Gasteiger partial charge < -0.3 is 10.1 Å². The highest BCUT2D eigenvalue weighted by Crippen LogP contribution is 2.39. The van der Waals surface area contributed by atoms with E-state index in [2.05, 4.69) is 9.97 Å². The van der Waals surface area contributed by atoms with Crippen LogP contribution in [0.4, 0.5) is 0 Å². The lowest BCUT2D eigenvalue weighted by Gasteiger charge is -2.35. The highest BCUT2D eigenvalue weighted by molar-refractivity contribution is 7.89. The van der Waals surface area contributed by atoms with Gasteiger partial charge in [0.2, 0.25) is 0 Å². The molecule has 2 unspecified atom stereocenters. The van der Waals surface area contributed by atoms with E-state index >= 15 is 0 Å². The first-order valence-electron chi connectivity index (χ1n) is 6.78. The number of H-pyrrole nitrogens is 1. The quantitative estimate of drug-likeness (QED) is 0.853. The third kappa shape index (κ3) is 2.09. The van der Waals surface area contributed by atoms with Gasteiger partial charge in [-0.1, -0.05) is 6.92 Å². The van der Waals surface area contributed by atoms with Gasteiger partial charge in [-0.2, -0.15) is 4.31 Å². The zero-order chi connectivity index (χ0) is 13.6. The average molecular weight is 285 g/mol. The Balaban J connectivity index is 1.93. The number of aromatic amines is 1. The van der Waals surface area contributed by atoms with Crippen LogP contribution >= 0.6 is 0 Å². The molecule has 6 nitrogen and oxygen atoms in total. The summed E-state index contributed by atoms with van der Waals surface area (Å²) >= 11 is 0. The van der Waals surface area contributed by atoms with Crippen LogP contribution in [0.15, 0.2) is 11.2 Å². The second kappa shape index (κ2) is 4.57. The maximum Gasteiger partial charge on any atom is 0.260 e. The Bertz CT molecular complexity index is 555. The number of hydrogen-bond donors (Lipinski definition) is 2. The van der Waals surface area contributed by atoms with Gasteiger partial charge in [0.1, 0.15) is 5.82 Å². The molecule has 2 aliphatic heterocycles. The maximum atomic E-state index is 12.7. The Morgan fingerprint density at radius 2 is 2.05 bits per heavy atom. The molecule has 2 saturated heterocycles. The molecule has 3 heterocycles. The first-order valence-corrected chi connectivity index (χ1v) is 8.22. The lowest BCUT2D eigenvalue weighted by Crippen LogP contribution is -2.47. The van der Waals surface area contributed by atoms with Crippen LogP contribution in [0.2, 0.25) is 0 Å². The van der Waals surface area contributed by atoms with Gasteiger partial charge in [0.05, 0.1) is 12.3 Å². The largest absolute Gasteiger partial charge is 0.393 e. The van der Waals surface area contributed by atoms with Crippen molar-refractivity contribution in [3.63, 3.8) is 0 Å². The monoisotopic (exact) mass is 285 g/mol. The minimum Gasteiger partial charge on any atom is -0.393 e. The molecule has 0 radical (unpaired) electrons. The zero-order valence-electron chi connectivity index (χ0n) is 10.9. The molecule has 3 rings (SSSR count). The van der Waals surface area contributed by atoms with Crippen LogP contribution in [0.1, 0.15) is 38.4 Å². The predicted octanol–water partition coefficient (Wildman–Crippen LogP) is 0.648. The molecule has 0 aliphatic carbocycles. The summed E-state index contributed by atoms with van der Waals surface area (Å²) < 4.78 is 26.9. The van der Waals surface area contributed by atoms with Crippen LogP contribution in [-0.2, 0) is 16.4 Å². The fourth-order valence-corrected chi connectivity index (χ4v) is 5.09. The van der Waals surface area contributed by atoms with E-state index in [9.17, 15) is 13.5 Å². The van der Waals surface area contributed by atoms with E-state index in [1.165, 1.54) is 6.20 Å². The molecule has 0 spiro atoms. The minimum atomic E-state index is -3.51. The first-order chi connectivity index (χ1) is 9.02. The molecule has 2 bridgehead atoms. The number of nitrogens with zero attached hydrogens (tertiary/aromatic N) is 2. The van der Waals surface area contributed by atoms with E-state index in [-0.39, 0.29) is 23.2 Å². The highest BCUT2D eigenvalue weighted by atomic mass is 32.2. The SMILES string of the molecule is CCc1ncc(S(=O)(=O)N2C3CCC2CC(O)C3)[nH]1. The lowest BCUT2D eigenvalue weighted by atomic mass is 10.0. The van der Waals surface area contributed by atoms with Crippen molar-refractivity contribution in [2.24, 2.45) is 0 Å². The number of imidazole rings is 1. The van der Waals surface area contributed by atoms with Gasteiger partial charge in [0.15, 0.2) is 5.03 Å². The molecule has 7 heteroatoms. The van der Waals surface area contributed by atoms with E-state index in [0.717, 1.165) is 12.8 Å². The third-order valence-corrected chi connectivity index (χ3v) is 6.05. The molecule has 2 atom stereocenters. The molecule has 106 valence electrons. The van der Waals surface area contributed by atoms with E-state index < -0.39 is 10.0 Å². The van der Waals surface area contributed by atoms with Crippen molar-refractivity contribution in [2.75, 3.05) is 0 Å². The molecule has 0 amide bonds. The van der Waals surface area contributed by atoms with Crippen LogP contribution < -0.4 is 0 Å². The molecular weight excluding hydrogens is 266 g/mol. The molecule has 2 N–H and O–H groups in total. The van der Waals surface area contributed by atoms with Gasteiger partial charge >= 0.3 is 0 Å². The summed E-state index contributed by atoms with van der Waals surface area (Å²) in [5.74, 6) is 0.683. The van der Waals surface area contributed by atoms with Gasteiger partial charge in [0, 0.05) is 18.5 Å². The van der Waals surface area contributed by atoms with Gasteiger partial charge in [-0.05, 0) is 25.7 Å². The fraction of sp³-hybridized carbons (Fsp3) is 0.750. The second-order valence-electron chi connectivity index (χ2n) is 5.39. The third-order valence-electron chi connectivity index (χ3n) is 4.14. The Morgan fingerprint density at radius 1 is 1.42 bits per heavy atom. The van der Waals surface area contributed by atoms with Crippen molar-refractivity contribution >= 4 is 10.0 Å².